The van der Waals surface area contributed by atoms with Gasteiger partial charge in [0.2, 0.25) is 0 Å². The molecule has 2 aromatic heterocycles. The van der Waals surface area contributed by atoms with Crippen molar-refractivity contribution in [1.29, 1.82) is 0 Å². The van der Waals surface area contributed by atoms with Crippen LogP contribution in [-0.4, -0.2) is 4.40 Å². The Hall–Kier alpha value is -8.72. The molecule has 13 aromatic rings. The summed E-state index contributed by atoms with van der Waals surface area (Å²) in [4.78, 5) is 2.45. The number of para-hydroxylation sites is 1. The largest absolute Gasteiger partial charge is 0.310 e. The van der Waals surface area contributed by atoms with E-state index in [2.05, 4.69) is 264 Å². The summed E-state index contributed by atoms with van der Waals surface area (Å²) in [5.74, 6) is 0. The summed E-state index contributed by atoms with van der Waals surface area (Å²) in [5.41, 5.74) is 15.1. The first-order chi connectivity index (χ1) is 32.7. The molecule has 0 amide bonds. The van der Waals surface area contributed by atoms with Crippen LogP contribution in [0.4, 0.5) is 17.1 Å². The van der Waals surface area contributed by atoms with Crippen molar-refractivity contribution in [2.24, 2.45) is 0 Å². The van der Waals surface area contributed by atoms with Gasteiger partial charge in [-0.05, 0) is 126 Å². The second kappa shape index (κ2) is 15.5. The van der Waals surface area contributed by atoms with Gasteiger partial charge in [0.15, 0.2) is 0 Å². The fourth-order valence-corrected chi connectivity index (χ4v) is 10.5. The maximum Gasteiger partial charge on any atom is 0.0625 e. The molecule has 0 radical (unpaired) electrons. The molecule has 0 spiro atoms. The average molecular weight is 839 g/mol. The maximum atomic E-state index is 2.49. The molecular formula is C64H42N2. The molecule has 0 saturated heterocycles. The summed E-state index contributed by atoms with van der Waals surface area (Å²) in [5, 5.41) is 11.2. The van der Waals surface area contributed by atoms with Crippen LogP contribution in [0.25, 0.3) is 104 Å². The van der Waals surface area contributed by atoms with Crippen LogP contribution in [0.2, 0.25) is 0 Å². The van der Waals surface area contributed by atoms with Crippen LogP contribution >= 0.6 is 0 Å². The molecule has 0 fully saturated rings. The van der Waals surface area contributed by atoms with Crippen LogP contribution in [0.5, 0.6) is 0 Å². The standard InChI is InChI=1S/C64H42N2/c1-4-18-43(19-5-1)48-38-49(44-20-6-2-7-21-44)40-52(39-48)65(51-36-37-58-56-28-13-12-26-54(56)55-27-14-15-29-57(55)60(58)42-51)50-34-32-45(33-35-50)62-41-47-24-10-11-25-53(47)64-63(46-22-8-3-9-23-46)59-30-16-17-31-61(59)66(62)64/h1-42H. The van der Waals surface area contributed by atoms with Crippen molar-refractivity contribution >= 4 is 76.6 Å². The predicted molar refractivity (Wildman–Crippen MR) is 281 cm³/mol. The number of rotatable bonds is 7. The van der Waals surface area contributed by atoms with Gasteiger partial charge in [-0.1, -0.05) is 200 Å². The van der Waals surface area contributed by atoms with Gasteiger partial charge in [-0.25, -0.2) is 0 Å². The molecule has 0 aliphatic carbocycles. The minimum Gasteiger partial charge on any atom is -0.310 e. The van der Waals surface area contributed by atoms with Crippen molar-refractivity contribution in [1.82, 2.24) is 4.40 Å². The number of hydrogen-bond donors (Lipinski definition) is 0. The second-order valence-corrected chi connectivity index (χ2v) is 17.3. The fraction of sp³-hybridized carbons (Fsp3) is 0. The van der Waals surface area contributed by atoms with Crippen LogP contribution in [0.3, 0.4) is 0 Å². The summed E-state index contributed by atoms with van der Waals surface area (Å²) < 4.78 is 2.49. The van der Waals surface area contributed by atoms with Gasteiger partial charge >= 0.3 is 0 Å². The number of pyridine rings is 1. The van der Waals surface area contributed by atoms with Crippen LogP contribution in [0.15, 0.2) is 255 Å². The monoisotopic (exact) mass is 838 g/mol. The molecule has 0 aliphatic rings. The van der Waals surface area contributed by atoms with Gasteiger partial charge in [-0.2, -0.15) is 0 Å². The average Bonchev–Trinajstić information content (AvgIpc) is 3.75. The Morgan fingerprint density at radius 3 is 1.33 bits per heavy atom. The number of hydrogen-bond acceptors (Lipinski definition) is 1. The highest BCUT2D eigenvalue weighted by Gasteiger charge is 2.22. The molecule has 66 heavy (non-hydrogen) atoms. The first-order valence-electron chi connectivity index (χ1n) is 22.8. The zero-order chi connectivity index (χ0) is 43.6. The van der Waals surface area contributed by atoms with Crippen molar-refractivity contribution < 1.29 is 0 Å². The van der Waals surface area contributed by atoms with Crippen molar-refractivity contribution in [3.63, 3.8) is 0 Å². The molecule has 0 N–H and O–H groups in total. The van der Waals surface area contributed by atoms with E-state index >= 15 is 0 Å². The Labute approximate surface area is 383 Å². The summed E-state index contributed by atoms with van der Waals surface area (Å²) in [6, 6.07) is 93.4. The van der Waals surface area contributed by atoms with Gasteiger partial charge in [-0.15, -0.1) is 0 Å². The molecule has 2 heterocycles. The summed E-state index contributed by atoms with van der Waals surface area (Å²) in [6.07, 6.45) is 0. The molecule has 2 heteroatoms. The Morgan fingerprint density at radius 1 is 0.258 bits per heavy atom. The van der Waals surface area contributed by atoms with Gasteiger partial charge in [0, 0.05) is 33.4 Å². The normalized spacial score (nSPS) is 11.6. The van der Waals surface area contributed by atoms with E-state index in [9.17, 15) is 0 Å². The molecule has 0 atom stereocenters. The van der Waals surface area contributed by atoms with Crippen LogP contribution < -0.4 is 4.90 Å². The lowest BCUT2D eigenvalue weighted by Crippen LogP contribution is -2.10. The highest BCUT2D eigenvalue weighted by atomic mass is 15.1. The third-order valence-corrected chi connectivity index (χ3v) is 13.5. The zero-order valence-corrected chi connectivity index (χ0v) is 36.1. The van der Waals surface area contributed by atoms with E-state index in [0.717, 1.165) is 39.4 Å². The number of benzene rings is 11. The Bertz CT molecular complexity index is 3870. The van der Waals surface area contributed by atoms with Crippen molar-refractivity contribution in [3.8, 4) is 44.6 Å². The van der Waals surface area contributed by atoms with Crippen molar-refractivity contribution in [2.75, 3.05) is 4.90 Å². The topological polar surface area (TPSA) is 7.65 Å². The van der Waals surface area contributed by atoms with Crippen molar-refractivity contribution in [3.05, 3.63) is 255 Å². The van der Waals surface area contributed by atoms with Gasteiger partial charge in [0.1, 0.15) is 0 Å². The number of fused-ring (bicyclic) bond motifs is 11. The van der Waals surface area contributed by atoms with Crippen molar-refractivity contribution in [2.45, 2.75) is 0 Å². The summed E-state index contributed by atoms with van der Waals surface area (Å²) in [7, 11) is 0. The molecule has 2 nitrogen and oxygen atoms in total. The van der Waals surface area contributed by atoms with E-state index in [4.69, 9.17) is 0 Å². The molecule has 11 aromatic carbocycles. The quantitative estimate of drug-likeness (QED) is 0.145. The van der Waals surface area contributed by atoms with E-state index < -0.39 is 0 Å². The SMILES string of the molecule is c1ccc(-c2cc(-c3ccccc3)cc(N(c3ccc(-c4cc5ccccc5c5c(-c6ccccc6)c6ccccc6n45)cc3)c3ccc4c5ccccc5c5ccccc5c4c3)c2)cc1. The van der Waals surface area contributed by atoms with Gasteiger partial charge in [0.25, 0.3) is 0 Å². The first kappa shape index (κ1) is 37.8. The molecule has 0 saturated carbocycles. The molecule has 13 rings (SSSR count). The molecule has 0 bridgehead atoms. The first-order valence-corrected chi connectivity index (χ1v) is 22.8. The highest BCUT2D eigenvalue weighted by Crippen LogP contribution is 2.45. The predicted octanol–water partition coefficient (Wildman–Crippen LogP) is 17.8. The fourth-order valence-electron chi connectivity index (χ4n) is 10.5. The minimum atomic E-state index is 1.08. The lowest BCUT2D eigenvalue weighted by molar-refractivity contribution is 1.26. The van der Waals surface area contributed by atoms with Gasteiger partial charge in [0.05, 0.1) is 16.7 Å². The lowest BCUT2D eigenvalue weighted by Gasteiger charge is -2.28. The number of anilines is 3. The Morgan fingerprint density at radius 2 is 0.727 bits per heavy atom. The van der Waals surface area contributed by atoms with E-state index in [1.54, 1.807) is 0 Å². The number of nitrogens with zero attached hydrogens (tertiary/aromatic N) is 2. The minimum absolute atomic E-state index is 1.08. The Balaban J connectivity index is 1.06. The second-order valence-electron chi connectivity index (χ2n) is 17.3. The lowest BCUT2D eigenvalue weighted by atomic mass is 9.93. The zero-order valence-electron chi connectivity index (χ0n) is 36.1. The highest BCUT2D eigenvalue weighted by molar-refractivity contribution is 6.26. The van der Waals surface area contributed by atoms with Crippen LogP contribution in [0.1, 0.15) is 0 Å². The van der Waals surface area contributed by atoms with E-state index in [0.29, 0.717) is 0 Å². The molecular weight excluding hydrogens is 797 g/mol. The third kappa shape index (κ3) is 6.18. The molecule has 0 unspecified atom stereocenters. The van der Waals surface area contributed by atoms with Crippen LogP contribution in [-0.2, 0) is 0 Å². The van der Waals surface area contributed by atoms with Gasteiger partial charge in [-0.3, -0.25) is 0 Å². The molecule has 0 aliphatic heterocycles. The van der Waals surface area contributed by atoms with Gasteiger partial charge < -0.3 is 9.30 Å². The smallest absolute Gasteiger partial charge is 0.0625 e. The molecule has 308 valence electrons. The van der Waals surface area contributed by atoms with E-state index in [1.165, 1.54) is 81.8 Å². The number of aromatic nitrogens is 1. The third-order valence-electron chi connectivity index (χ3n) is 13.5. The van der Waals surface area contributed by atoms with Crippen LogP contribution in [0, 0.1) is 0 Å². The van der Waals surface area contributed by atoms with E-state index in [-0.39, 0.29) is 0 Å². The van der Waals surface area contributed by atoms with E-state index in [1.807, 2.05) is 0 Å². The summed E-state index contributed by atoms with van der Waals surface area (Å²) in [6.45, 7) is 0. The summed E-state index contributed by atoms with van der Waals surface area (Å²) >= 11 is 0. The Kier molecular flexibility index (Phi) is 8.89. The maximum absolute atomic E-state index is 2.49.